The number of amides is 2. The number of carboxylic acid groups (broad SMARTS) is 1. The maximum atomic E-state index is 13.0. The van der Waals surface area contributed by atoms with Crippen molar-refractivity contribution in [2.45, 2.75) is 88.8 Å². The van der Waals surface area contributed by atoms with Gasteiger partial charge < -0.3 is 15.3 Å². The molecule has 2 fully saturated rings. The minimum atomic E-state index is -0.926. The van der Waals surface area contributed by atoms with E-state index >= 15 is 0 Å². The molecule has 6 heteroatoms. The van der Waals surface area contributed by atoms with Crippen molar-refractivity contribution in [3.8, 4) is 0 Å². The summed E-state index contributed by atoms with van der Waals surface area (Å²) < 4.78 is 0. The fraction of sp³-hybridized carbons (Fsp3) is 0.889. The maximum Gasteiger partial charge on any atom is 0.326 e. The van der Waals surface area contributed by atoms with E-state index in [-0.39, 0.29) is 18.1 Å². The third-order valence-corrected chi connectivity index (χ3v) is 6.02. The van der Waals surface area contributed by atoms with Gasteiger partial charge in [-0.05, 0) is 44.1 Å². The van der Waals surface area contributed by atoms with Crippen molar-refractivity contribution >= 4 is 23.8 Å². The van der Waals surface area contributed by atoms with Crippen molar-refractivity contribution < 1.29 is 14.7 Å². The second-order valence-corrected chi connectivity index (χ2v) is 8.10. The Morgan fingerprint density at radius 2 is 1.54 bits per heavy atom. The number of hydrogen-bond donors (Lipinski definition) is 2. The van der Waals surface area contributed by atoms with Crippen LogP contribution in [-0.4, -0.2) is 52.1 Å². The molecule has 2 aliphatic rings. The van der Waals surface area contributed by atoms with Crippen molar-refractivity contribution in [1.29, 1.82) is 0 Å². The van der Waals surface area contributed by atoms with E-state index in [9.17, 15) is 14.7 Å². The van der Waals surface area contributed by atoms with E-state index < -0.39 is 12.0 Å². The van der Waals surface area contributed by atoms with Crippen molar-refractivity contribution in [3.63, 3.8) is 0 Å². The fourth-order valence-corrected chi connectivity index (χ4v) is 4.54. The first-order valence-corrected chi connectivity index (χ1v) is 10.8. The summed E-state index contributed by atoms with van der Waals surface area (Å²) in [4.78, 5) is 26.5. The van der Waals surface area contributed by atoms with E-state index in [1.165, 1.54) is 38.5 Å². The Morgan fingerprint density at radius 1 is 1.04 bits per heavy atom. The predicted molar refractivity (Wildman–Crippen MR) is 98.5 cm³/mol. The minimum absolute atomic E-state index is 0.151. The first-order chi connectivity index (χ1) is 11.6. The Labute approximate surface area is 149 Å². The average molecular weight is 357 g/mol. The second-order valence-electron chi connectivity index (χ2n) is 7.11. The molecule has 2 saturated carbocycles. The van der Waals surface area contributed by atoms with Crippen LogP contribution >= 0.6 is 11.8 Å². The quantitative estimate of drug-likeness (QED) is 0.726. The predicted octanol–water partition coefficient (Wildman–Crippen LogP) is 3.87. The number of aliphatic carboxylic acids is 1. The number of carboxylic acids is 1. The molecule has 0 heterocycles. The van der Waals surface area contributed by atoms with Crippen LogP contribution in [-0.2, 0) is 4.79 Å². The third-order valence-electron chi connectivity index (χ3n) is 5.38. The zero-order valence-electron chi connectivity index (χ0n) is 14.8. The number of rotatable bonds is 7. The Kier molecular flexibility index (Phi) is 8.22. The number of carbonyl (C=O) groups is 2. The van der Waals surface area contributed by atoms with Gasteiger partial charge in [-0.1, -0.05) is 38.5 Å². The van der Waals surface area contributed by atoms with Gasteiger partial charge in [-0.25, -0.2) is 9.59 Å². The van der Waals surface area contributed by atoms with E-state index in [1.54, 1.807) is 11.8 Å². The van der Waals surface area contributed by atoms with Crippen LogP contribution in [0.3, 0.4) is 0 Å². The highest BCUT2D eigenvalue weighted by Crippen LogP contribution is 2.30. The Bertz CT molecular complexity index is 389. The summed E-state index contributed by atoms with van der Waals surface area (Å²) in [5.74, 6) is -0.186. The topological polar surface area (TPSA) is 69.6 Å². The Hall–Kier alpha value is -0.910. The Balaban J connectivity index is 2.05. The standard InChI is InChI=1S/C18H32N2O3S/c1-24-13-12-16(17(21)22)19-18(23)20(14-8-4-2-5-9-14)15-10-6-3-7-11-15/h14-16H,2-13H2,1H3,(H,19,23)(H,21,22). The van der Waals surface area contributed by atoms with E-state index in [0.717, 1.165) is 31.4 Å². The first kappa shape index (κ1) is 19.4. The lowest BCUT2D eigenvalue weighted by molar-refractivity contribution is -0.139. The van der Waals surface area contributed by atoms with Crippen molar-refractivity contribution in [2.75, 3.05) is 12.0 Å². The van der Waals surface area contributed by atoms with Crippen molar-refractivity contribution in [3.05, 3.63) is 0 Å². The van der Waals surface area contributed by atoms with Gasteiger partial charge in [0.2, 0.25) is 0 Å². The first-order valence-electron chi connectivity index (χ1n) is 9.44. The molecule has 2 N–H and O–H groups in total. The molecule has 0 radical (unpaired) electrons. The van der Waals surface area contributed by atoms with Crippen LogP contribution in [0.2, 0.25) is 0 Å². The highest BCUT2D eigenvalue weighted by molar-refractivity contribution is 7.98. The molecule has 2 amide bonds. The molecule has 24 heavy (non-hydrogen) atoms. The van der Waals surface area contributed by atoms with Gasteiger partial charge in [-0.3, -0.25) is 0 Å². The molecule has 2 aliphatic carbocycles. The molecule has 138 valence electrons. The monoisotopic (exact) mass is 356 g/mol. The fourth-order valence-electron chi connectivity index (χ4n) is 4.06. The van der Waals surface area contributed by atoms with Gasteiger partial charge in [0, 0.05) is 12.1 Å². The van der Waals surface area contributed by atoms with Crippen LogP contribution in [0.15, 0.2) is 0 Å². The van der Waals surface area contributed by atoms with Gasteiger partial charge in [0.1, 0.15) is 6.04 Å². The molecule has 0 bridgehead atoms. The molecule has 1 unspecified atom stereocenters. The summed E-state index contributed by atoms with van der Waals surface area (Å²) in [7, 11) is 0. The maximum absolute atomic E-state index is 13.0. The molecule has 0 spiro atoms. The number of thioether (sulfide) groups is 1. The SMILES string of the molecule is CSCCC(NC(=O)N(C1CCCCC1)C1CCCCC1)C(=O)O. The van der Waals surface area contributed by atoms with Crippen molar-refractivity contribution in [2.24, 2.45) is 0 Å². The number of nitrogens with zero attached hydrogens (tertiary/aromatic N) is 1. The smallest absolute Gasteiger partial charge is 0.326 e. The molecule has 2 rings (SSSR count). The molecule has 0 saturated heterocycles. The van der Waals surface area contributed by atoms with Gasteiger partial charge in [0.15, 0.2) is 0 Å². The van der Waals surface area contributed by atoms with E-state index in [0.29, 0.717) is 6.42 Å². The Morgan fingerprint density at radius 3 is 1.96 bits per heavy atom. The highest BCUT2D eigenvalue weighted by atomic mass is 32.2. The summed E-state index contributed by atoms with van der Waals surface area (Å²) in [6, 6.07) is -0.351. The average Bonchev–Trinajstić information content (AvgIpc) is 2.60. The third kappa shape index (κ3) is 5.57. The molecule has 1 atom stereocenters. The lowest BCUT2D eigenvalue weighted by Gasteiger charge is -2.42. The van der Waals surface area contributed by atoms with Gasteiger partial charge in [0.25, 0.3) is 0 Å². The second kappa shape index (κ2) is 10.2. The summed E-state index contributed by atoms with van der Waals surface area (Å²) in [5.41, 5.74) is 0. The zero-order chi connectivity index (χ0) is 17.4. The van der Waals surface area contributed by atoms with Crippen LogP contribution in [0.25, 0.3) is 0 Å². The largest absolute Gasteiger partial charge is 0.480 e. The highest BCUT2D eigenvalue weighted by Gasteiger charge is 2.34. The van der Waals surface area contributed by atoms with E-state index in [1.807, 2.05) is 11.2 Å². The van der Waals surface area contributed by atoms with Gasteiger partial charge in [-0.15, -0.1) is 0 Å². The summed E-state index contributed by atoms with van der Waals surface area (Å²) in [5, 5.41) is 12.2. The van der Waals surface area contributed by atoms with Crippen LogP contribution in [0, 0.1) is 0 Å². The molecular formula is C18H32N2O3S. The van der Waals surface area contributed by atoms with Gasteiger partial charge in [0.05, 0.1) is 0 Å². The molecule has 5 nitrogen and oxygen atoms in total. The minimum Gasteiger partial charge on any atom is -0.480 e. The van der Waals surface area contributed by atoms with Gasteiger partial charge >= 0.3 is 12.0 Å². The summed E-state index contributed by atoms with van der Waals surface area (Å²) in [6.07, 6.45) is 13.9. The number of urea groups is 1. The van der Waals surface area contributed by atoms with E-state index in [4.69, 9.17) is 0 Å². The molecule has 0 aliphatic heterocycles. The van der Waals surface area contributed by atoms with Crippen LogP contribution in [0.4, 0.5) is 4.79 Å². The van der Waals surface area contributed by atoms with E-state index in [2.05, 4.69) is 5.32 Å². The molecule has 0 aromatic carbocycles. The number of nitrogens with one attached hydrogen (secondary N) is 1. The molecule has 0 aromatic rings. The normalized spacial score (nSPS) is 21.2. The van der Waals surface area contributed by atoms with Crippen molar-refractivity contribution in [1.82, 2.24) is 10.2 Å². The molecular weight excluding hydrogens is 324 g/mol. The van der Waals surface area contributed by atoms with Crippen LogP contribution in [0.5, 0.6) is 0 Å². The summed E-state index contributed by atoms with van der Waals surface area (Å²) in [6.45, 7) is 0. The molecule has 0 aromatic heterocycles. The van der Waals surface area contributed by atoms with Crippen LogP contribution in [0.1, 0.15) is 70.6 Å². The number of carbonyl (C=O) groups excluding carboxylic acids is 1. The van der Waals surface area contributed by atoms with Gasteiger partial charge in [-0.2, -0.15) is 11.8 Å². The zero-order valence-corrected chi connectivity index (χ0v) is 15.7. The van der Waals surface area contributed by atoms with Crippen LogP contribution < -0.4 is 5.32 Å². The lowest BCUT2D eigenvalue weighted by Crippen LogP contribution is -2.56. The lowest BCUT2D eigenvalue weighted by atomic mass is 9.89. The summed E-state index contributed by atoms with van der Waals surface area (Å²) >= 11 is 1.61. The number of hydrogen-bond acceptors (Lipinski definition) is 3.